The van der Waals surface area contributed by atoms with Crippen LogP contribution in [0.1, 0.15) is 45.4 Å². The quantitative estimate of drug-likeness (QED) is 0.798. The van der Waals surface area contributed by atoms with Crippen LogP contribution >= 0.6 is 0 Å². The largest absolute Gasteiger partial charge is 0.329 e. The molecule has 2 rings (SSSR count). The molecule has 0 spiro atoms. The molecular formula is C12H25N3O2S. The molecule has 0 aromatic heterocycles. The number of hydrogen-bond acceptors (Lipinski definition) is 3. The van der Waals surface area contributed by atoms with Gasteiger partial charge in [-0.05, 0) is 31.6 Å². The van der Waals surface area contributed by atoms with Crippen LogP contribution in [0, 0.1) is 5.92 Å². The average Bonchev–Trinajstić information content (AvgIpc) is 2.78. The Labute approximate surface area is 110 Å². The van der Waals surface area contributed by atoms with Crippen LogP contribution in [-0.2, 0) is 10.2 Å². The van der Waals surface area contributed by atoms with Gasteiger partial charge in [-0.3, -0.25) is 0 Å². The van der Waals surface area contributed by atoms with Gasteiger partial charge < -0.3 is 5.73 Å². The first-order valence-corrected chi connectivity index (χ1v) is 8.41. The van der Waals surface area contributed by atoms with Gasteiger partial charge in [0, 0.05) is 25.2 Å². The van der Waals surface area contributed by atoms with E-state index in [4.69, 9.17) is 5.73 Å². The molecule has 1 aliphatic heterocycles. The average molecular weight is 275 g/mol. The highest BCUT2D eigenvalue weighted by Crippen LogP contribution is 2.30. The van der Waals surface area contributed by atoms with Gasteiger partial charge in [-0.15, -0.1) is 0 Å². The summed E-state index contributed by atoms with van der Waals surface area (Å²) in [5, 5.41) is 0. The summed E-state index contributed by atoms with van der Waals surface area (Å²) in [4.78, 5) is 0. The molecule has 5 nitrogen and oxygen atoms in total. The molecule has 3 N–H and O–H groups in total. The van der Waals surface area contributed by atoms with Crippen molar-refractivity contribution in [2.45, 2.75) is 51.0 Å². The molecule has 1 heterocycles. The summed E-state index contributed by atoms with van der Waals surface area (Å²) in [6, 6.07) is 0. The Morgan fingerprint density at radius 1 is 1.28 bits per heavy atom. The predicted octanol–water partition coefficient (Wildman–Crippen LogP) is 0.824. The van der Waals surface area contributed by atoms with Crippen molar-refractivity contribution in [3.63, 3.8) is 0 Å². The van der Waals surface area contributed by atoms with Crippen molar-refractivity contribution in [1.29, 1.82) is 0 Å². The van der Waals surface area contributed by atoms with Gasteiger partial charge >= 0.3 is 0 Å². The van der Waals surface area contributed by atoms with Crippen molar-refractivity contribution < 1.29 is 8.42 Å². The van der Waals surface area contributed by atoms with E-state index in [1.165, 1.54) is 0 Å². The maximum Gasteiger partial charge on any atom is 0.279 e. The van der Waals surface area contributed by atoms with Crippen molar-refractivity contribution in [3.05, 3.63) is 0 Å². The van der Waals surface area contributed by atoms with Gasteiger partial charge in [0.25, 0.3) is 10.2 Å². The lowest BCUT2D eigenvalue weighted by Gasteiger charge is -2.34. The number of piperidine rings is 1. The molecule has 0 unspecified atom stereocenters. The van der Waals surface area contributed by atoms with E-state index < -0.39 is 10.2 Å². The SMILES string of the molecule is CC1CCN(S(=O)(=O)NC2(CN)CCCC2)CC1. The molecule has 106 valence electrons. The Bertz CT molecular complexity index is 369. The molecule has 0 atom stereocenters. The van der Waals surface area contributed by atoms with Crippen molar-refractivity contribution in [3.8, 4) is 0 Å². The number of nitrogens with two attached hydrogens (primary N) is 1. The first-order chi connectivity index (χ1) is 8.47. The lowest BCUT2D eigenvalue weighted by atomic mass is 10.0. The van der Waals surface area contributed by atoms with E-state index >= 15 is 0 Å². The Balaban J connectivity index is 2.02. The van der Waals surface area contributed by atoms with Crippen LogP contribution in [0.15, 0.2) is 0 Å². The van der Waals surface area contributed by atoms with Crippen LogP contribution in [0.5, 0.6) is 0 Å². The third-order valence-corrected chi connectivity index (χ3v) is 6.12. The molecular weight excluding hydrogens is 250 g/mol. The number of rotatable bonds is 4. The van der Waals surface area contributed by atoms with E-state index in [2.05, 4.69) is 11.6 Å². The highest BCUT2D eigenvalue weighted by molar-refractivity contribution is 7.87. The second-order valence-electron chi connectivity index (χ2n) is 5.88. The smallest absolute Gasteiger partial charge is 0.279 e. The number of hydrogen-bond donors (Lipinski definition) is 2. The topological polar surface area (TPSA) is 75.4 Å². The fourth-order valence-corrected chi connectivity index (χ4v) is 4.62. The molecule has 6 heteroatoms. The van der Waals surface area contributed by atoms with Crippen LogP contribution in [0.25, 0.3) is 0 Å². The highest BCUT2D eigenvalue weighted by atomic mass is 32.2. The Hall–Kier alpha value is -0.170. The third kappa shape index (κ3) is 3.04. The first-order valence-electron chi connectivity index (χ1n) is 6.97. The molecule has 2 fully saturated rings. The zero-order chi connectivity index (χ0) is 13.2. The zero-order valence-corrected chi connectivity index (χ0v) is 12.0. The molecule has 1 aliphatic carbocycles. The molecule has 1 saturated carbocycles. The van der Waals surface area contributed by atoms with Gasteiger partial charge in [0.2, 0.25) is 0 Å². The van der Waals surface area contributed by atoms with Crippen LogP contribution in [-0.4, -0.2) is 37.9 Å². The van der Waals surface area contributed by atoms with Crippen molar-refractivity contribution in [1.82, 2.24) is 9.03 Å². The lowest BCUT2D eigenvalue weighted by Crippen LogP contribution is -2.56. The van der Waals surface area contributed by atoms with E-state index in [9.17, 15) is 8.42 Å². The second kappa shape index (κ2) is 5.45. The molecule has 18 heavy (non-hydrogen) atoms. The van der Waals surface area contributed by atoms with Crippen LogP contribution in [0.4, 0.5) is 0 Å². The third-order valence-electron chi connectivity index (χ3n) is 4.38. The Morgan fingerprint density at radius 3 is 2.33 bits per heavy atom. The maximum atomic E-state index is 12.4. The monoisotopic (exact) mass is 275 g/mol. The normalized spacial score (nSPS) is 26.6. The van der Waals surface area contributed by atoms with Crippen LogP contribution in [0.2, 0.25) is 0 Å². The van der Waals surface area contributed by atoms with E-state index in [-0.39, 0.29) is 5.54 Å². The predicted molar refractivity (Wildman–Crippen MR) is 72.3 cm³/mol. The van der Waals surface area contributed by atoms with Gasteiger partial charge in [0.05, 0.1) is 0 Å². The van der Waals surface area contributed by atoms with E-state index in [1.807, 2.05) is 0 Å². The maximum absolute atomic E-state index is 12.4. The molecule has 1 saturated heterocycles. The number of nitrogens with one attached hydrogen (secondary N) is 1. The lowest BCUT2D eigenvalue weighted by molar-refractivity contribution is 0.276. The Kier molecular flexibility index (Phi) is 4.31. The van der Waals surface area contributed by atoms with Gasteiger partial charge in [0.1, 0.15) is 0 Å². The van der Waals surface area contributed by atoms with E-state index in [1.54, 1.807) is 4.31 Å². The van der Waals surface area contributed by atoms with Gasteiger partial charge in [0.15, 0.2) is 0 Å². The summed E-state index contributed by atoms with van der Waals surface area (Å²) in [5.74, 6) is 0.631. The highest BCUT2D eigenvalue weighted by Gasteiger charge is 2.38. The minimum absolute atomic E-state index is 0.387. The van der Waals surface area contributed by atoms with Crippen LogP contribution < -0.4 is 10.5 Å². The zero-order valence-electron chi connectivity index (χ0n) is 11.2. The molecule has 0 aromatic carbocycles. The number of nitrogens with zero attached hydrogens (tertiary/aromatic N) is 1. The molecule has 2 aliphatic rings. The molecule has 0 bridgehead atoms. The molecule has 0 aromatic rings. The van der Waals surface area contributed by atoms with Crippen LogP contribution in [0.3, 0.4) is 0 Å². The summed E-state index contributed by atoms with van der Waals surface area (Å²) in [6.07, 6.45) is 5.78. The standard InChI is InChI=1S/C12H25N3O2S/c1-11-4-8-15(9-5-11)18(16,17)14-12(10-13)6-2-3-7-12/h11,14H,2-10,13H2,1H3. The van der Waals surface area contributed by atoms with Crippen molar-refractivity contribution in [2.75, 3.05) is 19.6 Å². The summed E-state index contributed by atoms with van der Waals surface area (Å²) in [5.41, 5.74) is 5.40. The molecule has 0 amide bonds. The summed E-state index contributed by atoms with van der Waals surface area (Å²) in [7, 11) is -3.36. The fourth-order valence-electron chi connectivity index (χ4n) is 2.96. The minimum Gasteiger partial charge on any atom is -0.329 e. The van der Waals surface area contributed by atoms with Gasteiger partial charge in [-0.25, -0.2) is 0 Å². The van der Waals surface area contributed by atoms with Gasteiger partial charge in [-0.2, -0.15) is 17.4 Å². The van der Waals surface area contributed by atoms with E-state index in [0.29, 0.717) is 25.6 Å². The summed E-state index contributed by atoms with van der Waals surface area (Å²) in [6.45, 7) is 3.85. The van der Waals surface area contributed by atoms with E-state index in [0.717, 1.165) is 38.5 Å². The van der Waals surface area contributed by atoms with Crippen molar-refractivity contribution in [2.24, 2.45) is 11.7 Å². The Morgan fingerprint density at radius 2 is 1.83 bits per heavy atom. The van der Waals surface area contributed by atoms with Crippen molar-refractivity contribution >= 4 is 10.2 Å². The second-order valence-corrected chi connectivity index (χ2v) is 7.55. The first kappa shape index (κ1) is 14.2. The minimum atomic E-state index is -3.36. The fraction of sp³-hybridized carbons (Fsp3) is 1.00. The van der Waals surface area contributed by atoms with Gasteiger partial charge in [-0.1, -0.05) is 19.8 Å². The molecule has 0 radical (unpaired) electrons. The summed E-state index contributed by atoms with van der Waals surface area (Å²) < 4.78 is 29.2. The summed E-state index contributed by atoms with van der Waals surface area (Å²) >= 11 is 0.